The number of carbonyl (C=O) groups is 2. The van der Waals surface area contributed by atoms with Crippen LogP contribution in [0.15, 0.2) is 16.7 Å². The first kappa shape index (κ1) is 12.9. The number of hydrogen-bond donors (Lipinski definition) is 2. The number of nitrogens with zero attached hydrogens (tertiary/aromatic N) is 1. The van der Waals surface area contributed by atoms with Crippen LogP contribution in [-0.2, 0) is 12.8 Å². The molecule has 20 heavy (non-hydrogen) atoms. The number of aromatic nitrogens is 1. The van der Waals surface area contributed by atoms with Gasteiger partial charge in [-0.25, -0.2) is 9.78 Å². The summed E-state index contributed by atoms with van der Waals surface area (Å²) in [7, 11) is 0. The van der Waals surface area contributed by atoms with E-state index >= 15 is 0 Å². The van der Waals surface area contributed by atoms with Gasteiger partial charge in [0.25, 0.3) is 5.91 Å². The van der Waals surface area contributed by atoms with Crippen LogP contribution in [0.3, 0.4) is 0 Å². The van der Waals surface area contributed by atoms with E-state index in [1.807, 2.05) is 0 Å². The molecule has 0 atom stereocenters. The van der Waals surface area contributed by atoms with Crippen LogP contribution in [0.1, 0.15) is 44.3 Å². The lowest BCUT2D eigenvalue weighted by Crippen LogP contribution is -2.10. The van der Waals surface area contributed by atoms with Gasteiger partial charge in [0.15, 0.2) is 10.9 Å². The summed E-state index contributed by atoms with van der Waals surface area (Å²) in [6, 6.07) is 1.20. The molecule has 2 aromatic rings. The third kappa shape index (κ3) is 2.44. The monoisotopic (exact) mass is 292 g/mol. The number of amides is 1. The number of carboxylic acid groups (broad SMARTS) is 1. The van der Waals surface area contributed by atoms with Gasteiger partial charge in [-0.3, -0.25) is 10.1 Å². The van der Waals surface area contributed by atoms with E-state index in [1.54, 1.807) is 0 Å². The molecule has 1 aliphatic carbocycles. The highest BCUT2D eigenvalue weighted by molar-refractivity contribution is 7.15. The van der Waals surface area contributed by atoms with Crippen molar-refractivity contribution in [1.29, 1.82) is 0 Å². The minimum Gasteiger partial charge on any atom is -0.478 e. The molecule has 0 aromatic carbocycles. The Balaban J connectivity index is 1.74. The smallest absolute Gasteiger partial charge is 0.338 e. The zero-order valence-corrected chi connectivity index (χ0v) is 11.3. The minimum atomic E-state index is -1.13. The fraction of sp³-hybridized carbons (Fsp3) is 0.308. The average Bonchev–Trinajstić information content (AvgIpc) is 3.04. The summed E-state index contributed by atoms with van der Waals surface area (Å²) < 4.78 is 4.95. The molecule has 2 N–H and O–H groups in total. The molecule has 0 saturated heterocycles. The highest BCUT2D eigenvalue weighted by Gasteiger charge is 2.19. The van der Waals surface area contributed by atoms with E-state index in [1.165, 1.54) is 22.3 Å². The largest absolute Gasteiger partial charge is 0.478 e. The predicted molar refractivity (Wildman–Crippen MR) is 72.4 cm³/mol. The van der Waals surface area contributed by atoms with Gasteiger partial charge in [0.1, 0.15) is 6.26 Å². The van der Waals surface area contributed by atoms with Crippen LogP contribution >= 0.6 is 11.3 Å². The Morgan fingerprint density at radius 2 is 2.15 bits per heavy atom. The molecule has 1 amide bonds. The van der Waals surface area contributed by atoms with Crippen molar-refractivity contribution in [1.82, 2.24) is 4.98 Å². The van der Waals surface area contributed by atoms with Gasteiger partial charge in [-0.2, -0.15) is 0 Å². The average molecular weight is 292 g/mol. The summed E-state index contributed by atoms with van der Waals surface area (Å²) in [5, 5.41) is 12.0. The van der Waals surface area contributed by atoms with Crippen molar-refractivity contribution in [3.63, 3.8) is 0 Å². The number of anilines is 1. The number of hydrogen-bond acceptors (Lipinski definition) is 5. The molecule has 104 valence electrons. The maximum absolute atomic E-state index is 11.9. The summed E-state index contributed by atoms with van der Waals surface area (Å²) in [4.78, 5) is 28.3. The van der Waals surface area contributed by atoms with Gasteiger partial charge in [0, 0.05) is 10.9 Å². The summed E-state index contributed by atoms with van der Waals surface area (Å²) in [6.45, 7) is 0. The zero-order chi connectivity index (χ0) is 14.1. The first-order valence-corrected chi connectivity index (χ1v) is 7.07. The number of carboxylic acids is 1. The van der Waals surface area contributed by atoms with Crippen molar-refractivity contribution < 1.29 is 19.1 Å². The van der Waals surface area contributed by atoms with Gasteiger partial charge in [-0.15, -0.1) is 11.3 Å². The Hall–Kier alpha value is -2.15. The van der Waals surface area contributed by atoms with Crippen molar-refractivity contribution in [2.75, 3.05) is 5.32 Å². The van der Waals surface area contributed by atoms with Gasteiger partial charge in [0.2, 0.25) is 0 Å². The van der Waals surface area contributed by atoms with E-state index in [0.717, 1.165) is 37.6 Å². The number of carbonyl (C=O) groups excluding carboxylic acids is 1. The molecule has 0 aliphatic heterocycles. The van der Waals surface area contributed by atoms with Crippen LogP contribution in [-0.4, -0.2) is 22.0 Å². The molecule has 2 aromatic heterocycles. The molecular formula is C13H12N2O4S. The molecule has 0 saturated carbocycles. The Bertz CT molecular complexity index is 650. The Morgan fingerprint density at radius 1 is 1.35 bits per heavy atom. The summed E-state index contributed by atoms with van der Waals surface area (Å²) in [6.07, 6.45) is 5.29. The van der Waals surface area contributed by atoms with Crippen LogP contribution in [0, 0.1) is 0 Å². The topological polar surface area (TPSA) is 92.4 Å². The quantitative estimate of drug-likeness (QED) is 0.907. The lowest BCUT2D eigenvalue weighted by molar-refractivity contribution is 0.0696. The third-order valence-corrected chi connectivity index (χ3v) is 4.21. The second-order valence-electron chi connectivity index (χ2n) is 4.55. The highest BCUT2D eigenvalue weighted by atomic mass is 32.1. The van der Waals surface area contributed by atoms with Gasteiger partial charge in [0.05, 0.1) is 11.3 Å². The number of nitrogens with one attached hydrogen (secondary N) is 1. The van der Waals surface area contributed by atoms with E-state index in [2.05, 4.69) is 10.3 Å². The van der Waals surface area contributed by atoms with E-state index in [0.29, 0.717) is 5.13 Å². The lowest BCUT2D eigenvalue weighted by atomic mass is 10.0. The fourth-order valence-electron chi connectivity index (χ4n) is 2.13. The van der Waals surface area contributed by atoms with E-state index < -0.39 is 11.9 Å². The van der Waals surface area contributed by atoms with Crippen molar-refractivity contribution in [2.45, 2.75) is 25.7 Å². The molecule has 0 fully saturated rings. The number of aryl methyl sites for hydroxylation is 2. The molecule has 7 heteroatoms. The van der Waals surface area contributed by atoms with Crippen LogP contribution < -0.4 is 5.32 Å². The molecule has 0 spiro atoms. The molecule has 2 heterocycles. The molecule has 3 rings (SSSR count). The molecule has 0 unspecified atom stereocenters. The van der Waals surface area contributed by atoms with E-state index in [-0.39, 0.29) is 11.3 Å². The Labute approximate surface area is 118 Å². The van der Waals surface area contributed by atoms with Crippen molar-refractivity contribution >= 4 is 28.3 Å². The molecular weight excluding hydrogens is 280 g/mol. The van der Waals surface area contributed by atoms with Gasteiger partial charge >= 0.3 is 5.97 Å². The van der Waals surface area contributed by atoms with E-state index in [4.69, 9.17) is 9.52 Å². The number of fused-ring (bicyclic) bond motifs is 1. The summed E-state index contributed by atoms with van der Waals surface area (Å²) >= 11 is 1.47. The van der Waals surface area contributed by atoms with Crippen LogP contribution in [0.5, 0.6) is 0 Å². The fourth-order valence-corrected chi connectivity index (χ4v) is 3.18. The second-order valence-corrected chi connectivity index (χ2v) is 5.64. The SMILES string of the molecule is O=C(O)c1coc(C(=O)Nc2nc3c(s2)CCCC3)c1. The third-order valence-electron chi connectivity index (χ3n) is 3.14. The number of thiazole rings is 1. The first-order valence-electron chi connectivity index (χ1n) is 6.25. The highest BCUT2D eigenvalue weighted by Crippen LogP contribution is 2.29. The van der Waals surface area contributed by atoms with Crippen LogP contribution in [0.25, 0.3) is 0 Å². The van der Waals surface area contributed by atoms with Crippen molar-refractivity contribution in [3.8, 4) is 0 Å². The minimum absolute atomic E-state index is 0.0319. The van der Waals surface area contributed by atoms with Gasteiger partial charge in [-0.1, -0.05) is 0 Å². The predicted octanol–water partition coefficient (Wildman–Crippen LogP) is 2.57. The van der Waals surface area contributed by atoms with Crippen LogP contribution in [0.2, 0.25) is 0 Å². The number of rotatable bonds is 3. The van der Waals surface area contributed by atoms with Gasteiger partial charge < -0.3 is 9.52 Å². The molecule has 0 bridgehead atoms. The maximum Gasteiger partial charge on any atom is 0.338 e. The maximum atomic E-state index is 11.9. The molecule has 0 radical (unpaired) electrons. The van der Waals surface area contributed by atoms with Gasteiger partial charge in [-0.05, 0) is 25.7 Å². The Morgan fingerprint density at radius 3 is 2.85 bits per heavy atom. The number of aromatic carboxylic acids is 1. The molecule has 1 aliphatic rings. The Kier molecular flexibility index (Phi) is 3.27. The first-order chi connectivity index (χ1) is 9.63. The standard InChI is InChI=1S/C13H12N2O4S/c16-11(9-5-7(6-19-9)12(17)18)15-13-14-8-3-1-2-4-10(8)20-13/h5-6H,1-4H2,(H,17,18)(H,14,15,16). The lowest BCUT2D eigenvalue weighted by Gasteiger charge is -2.06. The van der Waals surface area contributed by atoms with E-state index in [9.17, 15) is 9.59 Å². The van der Waals surface area contributed by atoms with Crippen molar-refractivity contribution in [3.05, 3.63) is 34.2 Å². The zero-order valence-electron chi connectivity index (χ0n) is 10.5. The second kappa shape index (κ2) is 5.09. The number of furan rings is 1. The summed E-state index contributed by atoms with van der Waals surface area (Å²) in [5.41, 5.74) is 1.01. The molecule has 6 nitrogen and oxygen atoms in total. The summed E-state index contributed by atoms with van der Waals surface area (Å²) in [5.74, 6) is -1.64. The normalized spacial score (nSPS) is 13.8. The van der Waals surface area contributed by atoms with Crippen LogP contribution in [0.4, 0.5) is 5.13 Å². The van der Waals surface area contributed by atoms with Crippen molar-refractivity contribution in [2.24, 2.45) is 0 Å².